The lowest BCUT2D eigenvalue weighted by molar-refractivity contribution is 0.0210. The van der Waals surface area contributed by atoms with Crippen molar-refractivity contribution in [3.8, 4) is 5.82 Å². The maximum Gasteiger partial charge on any atom is 0.410 e. The minimum atomic E-state index is -0.500. The van der Waals surface area contributed by atoms with Crippen LogP contribution < -0.4 is 5.32 Å². The Labute approximate surface area is 219 Å². The van der Waals surface area contributed by atoms with E-state index in [0.29, 0.717) is 19.5 Å². The van der Waals surface area contributed by atoms with Gasteiger partial charge >= 0.3 is 6.09 Å². The minimum Gasteiger partial charge on any atom is -0.444 e. The van der Waals surface area contributed by atoms with Gasteiger partial charge in [0, 0.05) is 41.9 Å². The molecule has 6 nitrogen and oxygen atoms in total. The van der Waals surface area contributed by atoms with E-state index in [1.165, 1.54) is 0 Å². The number of ether oxygens (including phenoxy) is 1. The molecule has 1 amide bonds. The molecule has 0 bridgehead atoms. The third-order valence-corrected chi connectivity index (χ3v) is 6.65. The number of hydrogen-bond donors (Lipinski definition) is 1. The molecule has 1 aliphatic rings. The molecular formula is C30H39FN4O2. The second-order valence-electron chi connectivity index (χ2n) is 11.2. The lowest BCUT2D eigenvalue weighted by atomic mass is 10.0. The van der Waals surface area contributed by atoms with E-state index in [1.54, 1.807) is 17.0 Å². The molecule has 0 saturated carbocycles. The van der Waals surface area contributed by atoms with Crippen LogP contribution >= 0.6 is 0 Å². The fourth-order valence-corrected chi connectivity index (χ4v) is 4.91. The van der Waals surface area contributed by atoms with E-state index in [0.717, 1.165) is 59.0 Å². The highest BCUT2D eigenvalue weighted by Gasteiger charge is 2.27. The number of carbonyl (C=O) groups is 1. The van der Waals surface area contributed by atoms with Crippen LogP contribution in [0.25, 0.3) is 5.82 Å². The molecule has 0 aliphatic carbocycles. The van der Waals surface area contributed by atoms with Crippen LogP contribution in [0.4, 0.5) is 14.9 Å². The van der Waals surface area contributed by atoms with E-state index in [4.69, 9.17) is 9.72 Å². The van der Waals surface area contributed by atoms with E-state index >= 15 is 0 Å². The summed E-state index contributed by atoms with van der Waals surface area (Å²) in [5.41, 5.74) is 5.68. The SMILES string of the molecule is Cc1cc(CCc2cc(F)cc(NC3CCN(C(=O)OC(C)(C)C)CC3)c2)nc(-n2c(C)ccc2C)c1. The van der Waals surface area contributed by atoms with Crippen molar-refractivity contribution in [1.29, 1.82) is 0 Å². The molecule has 1 saturated heterocycles. The fraction of sp³-hybridized carbons (Fsp3) is 0.467. The van der Waals surface area contributed by atoms with E-state index in [9.17, 15) is 9.18 Å². The summed E-state index contributed by atoms with van der Waals surface area (Å²) in [6.07, 6.45) is 2.74. The van der Waals surface area contributed by atoms with Crippen molar-refractivity contribution in [1.82, 2.24) is 14.5 Å². The minimum absolute atomic E-state index is 0.183. The molecule has 1 fully saturated rings. The van der Waals surface area contributed by atoms with Crippen LogP contribution in [0.2, 0.25) is 0 Å². The fourth-order valence-electron chi connectivity index (χ4n) is 4.91. The van der Waals surface area contributed by atoms with Crippen LogP contribution in [0, 0.1) is 26.6 Å². The van der Waals surface area contributed by atoms with Crippen LogP contribution in [-0.4, -0.2) is 45.3 Å². The third kappa shape index (κ3) is 7.12. The number of nitrogens with zero attached hydrogens (tertiary/aromatic N) is 3. The Bertz CT molecular complexity index is 1230. The number of likely N-dealkylation sites (tertiary alicyclic amines) is 1. The Morgan fingerprint density at radius 3 is 2.35 bits per heavy atom. The van der Waals surface area contributed by atoms with Gasteiger partial charge in [-0.3, -0.25) is 0 Å². The standard InChI is InChI=1S/C30H39FN4O2/c1-20-15-26(33-28(16-20)35-21(2)7-8-22(35)3)10-9-23-17-24(31)19-27(18-23)32-25-11-13-34(14-12-25)29(36)37-30(4,5)6/h7-8,15-19,25,32H,9-14H2,1-6H3. The monoisotopic (exact) mass is 506 g/mol. The van der Waals surface area contributed by atoms with Gasteiger partial charge in [-0.2, -0.15) is 0 Å². The van der Waals surface area contributed by atoms with Crippen molar-refractivity contribution < 1.29 is 13.9 Å². The van der Waals surface area contributed by atoms with Crippen molar-refractivity contribution in [3.63, 3.8) is 0 Å². The van der Waals surface area contributed by atoms with Gasteiger partial charge in [0.15, 0.2) is 0 Å². The molecule has 2 aromatic heterocycles. The van der Waals surface area contributed by atoms with Gasteiger partial charge in [0.2, 0.25) is 0 Å². The Hall–Kier alpha value is -3.35. The van der Waals surface area contributed by atoms with Gasteiger partial charge in [-0.1, -0.05) is 0 Å². The van der Waals surface area contributed by atoms with Crippen molar-refractivity contribution in [3.05, 3.63) is 76.5 Å². The summed E-state index contributed by atoms with van der Waals surface area (Å²) in [7, 11) is 0. The van der Waals surface area contributed by atoms with Crippen molar-refractivity contribution in [2.24, 2.45) is 0 Å². The number of benzene rings is 1. The predicted molar refractivity (Wildman–Crippen MR) is 146 cm³/mol. The summed E-state index contributed by atoms with van der Waals surface area (Å²) in [5.74, 6) is 0.678. The molecule has 4 rings (SSSR count). The van der Waals surface area contributed by atoms with Gasteiger partial charge in [0.05, 0.1) is 0 Å². The Kier molecular flexibility index (Phi) is 7.90. The largest absolute Gasteiger partial charge is 0.444 e. The molecule has 3 heterocycles. The third-order valence-electron chi connectivity index (χ3n) is 6.65. The van der Waals surface area contributed by atoms with E-state index < -0.39 is 5.60 Å². The van der Waals surface area contributed by atoms with Crippen LogP contribution in [0.15, 0.2) is 42.5 Å². The van der Waals surface area contributed by atoms with E-state index in [1.807, 2.05) is 26.8 Å². The highest BCUT2D eigenvalue weighted by atomic mass is 19.1. The van der Waals surface area contributed by atoms with Crippen molar-refractivity contribution in [2.75, 3.05) is 18.4 Å². The van der Waals surface area contributed by atoms with Crippen LogP contribution in [-0.2, 0) is 17.6 Å². The molecule has 0 spiro atoms. The first-order chi connectivity index (χ1) is 17.5. The summed E-state index contributed by atoms with van der Waals surface area (Å²) >= 11 is 0. The Balaban J connectivity index is 1.38. The highest BCUT2D eigenvalue weighted by molar-refractivity contribution is 5.68. The molecule has 0 atom stereocenters. The van der Waals surface area contributed by atoms with Gasteiger partial charge < -0.3 is 19.5 Å². The Morgan fingerprint density at radius 1 is 1.03 bits per heavy atom. The van der Waals surface area contributed by atoms with Crippen molar-refractivity contribution >= 4 is 11.8 Å². The number of carbonyl (C=O) groups excluding carboxylic acids is 1. The number of pyridine rings is 1. The molecule has 1 N–H and O–H groups in total. The molecule has 3 aromatic rings. The van der Waals surface area contributed by atoms with Gasteiger partial charge in [-0.05, 0) is 121 Å². The number of aryl methyl sites for hydroxylation is 5. The topological polar surface area (TPSA) is 59.4 Å². The summed E-state index contributed by atoms with van der Waals surface area (Å²) in [6.45, 7) is 13.1. The number of aromatic nitrogens is 2. The second kappa shape index (κ2) is 11.0. The zero-order valence-corrected chi connectivity index (χ0v) is 22.9. The van der Waals surface area contributed by atoms with E-state index in [-0.39, 0.29) is 18.0 Å². The molecular weight excluding hydrogens is 467 g/mol. The molecule has 1 aromatic carbocycles. The first-order valence-electron chi connectivity index (χ1n) is 13.1. The first kappa shape index (κ1) is 26.7. The molecule has 0 unspecified atom stereocenters. The van der Waals surface area contributed by atoms with Gasteiger partial charge in [0.1, 0.15) is 17.2 Å². The number of hydrogen-bond acceptors (Lipinski definition) is 4. The zero-order valence-electron chi connectivity index (χ0n) is 22.9. The molecule has 1 aliphatic heterocycles. The van der Waals surface area contributed by atoms with Crippen molar-refractivity contribution in [2.45, 2.75) is 78.9 Å². The average Bonchev–Trinajstić information content (AvgIpc) is 3.14. The average molecular weight is 507 g/mol. The number of halogens is 1. The zero-order chi connectivity index (χ0) is 26.7. The molecule has 37 heavy (non-hydrogen) atoms. The molecule has 7 heteroatoms. The molecule has 0 radical (unpaired) electrons. The van der Waals surface area contributed by atoms with Gasteiger partial charge in [-0.15, -0.1) is 0 Å². The normalized spacial score (nSPS) is 14.6. The lowest BCUT2D eigenvalue weighted by Crippen LogP contribution is -2.44. The predicted octanol–water partition coefficient (Wildman–Crippen LogP) is 6.53. The van der Waals surface area contributed by atoms with Crippen LogP contribution in [0.5, 0.6) is 0 Å². The lowest BCUT2D eigenvalue weighted by Gasteiger charge is -2.34. The Morgan fingerprint density at radius 2 is 1.70 bits per heavy atom. The quantitative estimate of drug-likeness (QED) is 0.413. The first-order valence-corrected chi connectivity index (χ1v) is 13.1. The van der Waals surface area contributed by atoms with Crippen LogP contribution in [0.1, 0.15) is 61.8 Å². The number of piperidine rings is 1. The maximum absolute atomic E-state index is 14.5. The summed E-state index contributed by atoms with van der Waals surface area (Å²) in [6, 6.07) is 13.8. The van der Waals surface area contributed by atoms with Gasteiger partial charge in [0.25, 0.3) is 0 Å². The maximum atomic E-state index is 14.5. The van der Waals surface area contributed by atoms with Gasteiger partial charge in [-0.25, -0.2) is 14.2 Å². The summed E-state index contributed by atoms with van der Waals surface area (Å²) < 4.78 is 22.2. The number of amides is 1. The summed E-state index contributed by atoms with van der Waals surface area (Å²) in [5, 5.41) is 3.48. The smallest absolute Gasteiger partial charge is 0.410 e. The number of anilines is 1. The number of rotatable bonds is 6. The highest BCUT2D eigenvalue weighted by Crippen LogP contribution is 2.22. The number of nitrogens with one attached hydrogen (secondary N) is 1. The van der Waals surface area contributed by atoms with Crippen LogP contribution in [0.3, 0.4) is 0 Å². The van der Waals surface area contributed by atoms with E-state index in [2.05, 4.69) is 54.9 Å². The molecule has 198 valence electrons. The summed E-state index contributed by atoms with van der Waals surface area (Å²) in [4.78, 5) is 19.0. The second-order valence-corrected chi connectivity index (χ2v) is 11.2.